The molecular formula is C9H17NO8S. The molecular weight excluding hydrogens is 282 g/mol. The van der Waals surface area contributed by atoms with Crippen LogP contribution in [-0.4, -0.2) is 61.7 Å². The number of hydrogen-bond acceptors (Lipinski definition) is 8. The molecule has 2 aliphatic heterocycles. The molecule has 0 aliphatic carbocycles. The van der Waals surface area contributed by atoms with Crippen LogP contribution in [0, 0.1) is 0 Å². The van der Waals surface area contributed by atoms with Crippen molar-refractivity contribution in [2.45, 2.75) is 43.7 Å². The van der Waals surface area contributed by atoms with E-state index >= 15 is 0 Å². The molecule has 0 aromatic carbocycles. The molecule has 2 aliphatic rings. The lowest BCUT2D eigenvalue weighted by Gasteiger charge is -2.40. The quantitative estimate of drug-likeness (QED) is 0.534. The second-order valence-corrected chi connectivity index (χ2v) is 6.20. The predicted molar refractivity (Wildman–Crippen MR) is 59.8 cm³/mol. The molecule has 9 nitrogen and oxygen atoms in total. The van der Waals surface area contributed by atoms with Crippen LogP contribution >= 0.6 is 0 Å². The van der Waals surface area contributed by atoms with Crippen molar-refractivity contribution in [1.82, 2.24) is 0 Å². The molecule has 0 saturated carbocycles. The Morgan fingerprint density at radius 2 is 2.05 bits per heavy atom. The highest BCUT2D eigenvalue weighted by molar-refractivity contribution is 7.84. The van der Waals surface area contributed by atoms with Crippen molar-refractivity contribution in [2.24, 2.45) is 5.14 Å². The number of nitrogens with two attached hydrogens (primary N) is 1. The number of rotatable bonds is 3. The number of hydrogen-bond donors (Lipinski definition) is 3. The van der Waals surface area contributed by atoms with Crippen LogP contribution in [0.3, 0.4) is 0 Å². The second-order valence-electron chi connectivity index (χ2n) is 4.98. The van der Waals surface area contributed by atoms with Crippen LogP contribution in [0.2, 0.25) is 0 Å². The van der Waals surface area contributed by atoms with Gasteiger partial charge < -0.3 is 24.4 Å². The van der Waals surface area contributed by atoms with Gasteiger partial charge in [0, 0.05) is 0 Å². The van der Waals surface area contributed by atoms with E-state index in [0.717, 1.165) is 0 Å². The monoisotopic (exact) mass is 299 g/mol. The molecule has 112 valence electrons. The van der Waals surface area contributed by atoms with Gasteiger partial charge in [0.25, 0.3) is 0 Å². The first-order chi connectivity index (χ1) is 8.55. The molecule has 0 amide bonds. The normalized spacial score (nSPS) is 42.1. The number of ether oxygens (including phenoxy) is 3. The molecule has 0 spiro atoms. The average molecular weight is 299 g/mol. The Kier molecular flexibility index (Phi) is 3.65. The van der Waals surface area contributed by atoms with Gasteiger partial charge in [-0.15, -0.1) is 0 Å². The highest BCUT2D eigenvalue weighted by Crippen LogP contribution is 2.42. The number of aliphatic hydroxyl groups is 2. The van der Waals surface area contributed by atoms with Gasteiger partial charge in [0.05, 0.1) is 6.61 Å². The van der Waals surface area contributed by atoms with Crippen LogP contribution in [0.1, 0.15) is 13.8 Å². The van der Waals surface area contributed by atoms with E-state index in [-0.39, 0.29) is 6.61 Å². The number of fused-ring (bicyclic) bond motifs is 1. The van der Waals surface area contributed by atoms with E-state index in [1.807, 2.05) is 0 Å². The van der Waals surface area contributed by atoms with E-state index in [0.29, 0.717) is 0 Å². The van der Waals surface area contributed by atoms with Crippen molar-refractivity contribution >= 4 is 10.3 Å². The zero-order valence-electron chi connectivity index (χ0n) is 10.5. The third-order valence-electron chi connectivity index (χ3n) is 2.89. The van der Waals surface area contributed by atoms with Crippen LogP contribution in [0.4, 0.5) is 0 Å². The van der Waals surface area contributed by atoms with Crippen molar-refractivity contribution in [3.63, 3.8) is 0 Å². The van der Waals surface area contributed by atoms with E-state index < -0.39 is 46.8 Å². The lowest BCUT2D eigenvalue weighted by atomic mass is 9.98. The van der Waals surface area contributed by atoms with Crippen LogP contribution in [0.5, 0.6) is 0 Å². The van der Waals surface area contributed by atoms with Gasteiger partial charge in [-0.05, 0) is 13.8 Å². The molecule has 0 radical (unpaired) electrons. The summed E-state index contributed by atoms with van der Waals surface area (Å²) in [5.41, 5.74) is 0. The Bertz CT molecular complexity index is 451. The highest BCUT2D eigenvalue weighted by atomic mass is 32.2. The summed E-state index contributed by atoms with van der Waals surface area (Å²) < 4.78 is 42.4. The predicted octanol–water partition coefficient (Wildman–Crippen LogP) is -2.19. The van der Waals surface area contributed by atoms with Gasteiger partial charge in [-0.2, -0.15) is 8.42 Å². The van der Waals surface area contributed by atoms with Gasteiger partial charge >= 0.3 is 10.3 Å². The summed E-state index contributed by atoms with van der Waals surface area (Å²) in [5, 5.41) is 24.2. The third-order valence-corrected chi connectivity index (χ3v) is 3.34. The van der Waals surface area contributed by atoms with E-state index in [1.54, 1.807) is 13.8 Å². The third kappa shape index (κ3) is 3.06. The smallest absolute Gasteiger partial charge is 0.333 e. The van der Waals surface area contributed by atoms with E-state index in [9.17, 15) is 18.6 Å². The Hall–Kier alpha value is -0.330. The first-order valence-corrected chi connectivity index (χ1v) is 7.07. The van der Waals surface area contributed by atoms with E-state index in [2.05, 4.69) is 4.18 Å². The Labute approximate surface area is 110 Å². The first kappa shape index (κ1) is 15.1. The standard InChI is InChI=1S/C9H17NO8S/c1-8(2)17-7-6(12)5(11)3-15-9(7,18-8)4-16-19(10,13)14/h5-7,11-12H,3-4H2,1-2H3,(H2,10,13,14)/t5-,6-,7+,9+/m0/s1. The van der Waals surface area contributed by atoms with Crippen LogP contribution < -0.4 is 5.14 Å². The zero-order chi connectivity index (χ0) is 14.5. The molecule has 4 N–H and O–H groups in total. The largest absolute Gasteiger partial charge is 0.388 e. The molecule has 2 heterocycles. The SMILES string of the molecule is CC1(C)O[C@@H]2[C@@H](O)[C@@H](O)CO[C@]2(COS(N)(=O)=O)O1. The Morgan fingerprint density at radius 1 is 1.42 bits per heavy atom. The topological polar surface area (TPSA) is 138 Å². The van der Waals surface area contributed by atoms with Gasteiger partial charge in [-0.3, -0.25) is 4.18 Å². The van der Waals surface area contributed by atoms with Crippen LogP contribution in [0.15, 0.2) is 0 Å². The molecule has 2 fully saturated rings. The van der Waals surface area contributed by atoms with Gasteiger partial charge in [0.2, 0.25) is 5.79 Å². The van der Waals surface area contributed by atoms with Gasteiger partial charge in [0.1, 0.15) is 24.9 Å². The van der Waals surface area contributed by atoms with E-state index in [1.165, 1.54) is 0 Å². The molecule has 10 heteroatoms. The molecule has 0 bridgehead atoms. The fourth-order valence-corrected chi connectivity index (χ4v) is 2.51. The van der Waals surface area contributed by atoms with Crippen molar-refractivity contribution in [3.05, 3.63) is 0 Å². The maximum absolute atomic E-state index is 10.9. The molecule has 0 unspecified atom stereocenters. The minimum absolute atomic E-state index is 0.245. The molecule has 4 atom stereocenters. The summed E-state index contributed by atoms with van der Waals surface area (Å²) in [4.78, 5) is 0. The molecule has 0 aromatic heterocycles. The Morgan fingerprint density at radius 3 is 2.63 bits per heavy atom. The second kappa shape index (κ2) is 4.60. The molecule has 0 aromatic rings. The maximum atomic E-state index is 10.9. The average Bonchev–Trinajstić information content (AvgIpc) is 2.53. The molecule has 19 heavy (non-hydrogen) atoms. The first-order valence-electron chi connectivity index (χ1n) is 5.60. The summed E-state index contributed by atoms with van der Waals surface area (Å²) in [6.45, 7) is 2.30. The number of aliphatic hydroxyl groups excluding tert-OH is 2. The lowest BCUT2D eigenvalue weighted by Crippen LogP contribution is -2.61. The Balaban J connectivity index is 2.23. The summed E-state index contributed by atoms with van der Waals surface area (Å²) in [6.07, 6.45) is -3.54. The van der Waals surface area contributed by atoms with Crippen molar-refractivity contribution < 1.29 is 37.0 Å². The fourth-order valence-electron chi connectivity index (χ4n) is 2.18. The van der Waals surface area contributed by atoms with Crippen LogP contribution in [0.25, 0.3) is 0 Å². The molecule has 2 saturated heterocycles. The summed E-state index contributed by atoms with van der Waals surface area (Å²) in [6, 6.07) is 0. The van der Waals surface area contributed by atoms with Gasteiger partial charge in [0.15, 0.2) is 5.79 Å². The lowest BCUT2D eigenvalue weighted by molar-refractivity contribution is -0.301. The van der Waals surface area contributed by atoms with Crippen molar-refractivity contribution in [3.8, 4) is 0 Å². The van der Waals surface area contributed by atoms with Gasteiger partial charge in [-0.1, -0.05) is 0 Å². The minimum atomic E-state index is -4.20. The maximum Gasteiger partial charge on any atom is 0.333 e. The summed E-state index contributed by atoms with van der Waals surface area (Å²) in [5.74, 6) is -2.76. The zero-order valence-corrected chi connectivity index (χ0v) is 11.3. The fraction of sp³-hybridized carbons (Fsp3) is 1.00. The highest BCUT2D eigenvalue weighted by Gasteiger charge is 2.61. The van der Waals surface area contributed by atoms with Crippen molar-refractivity contribution in [1.29, 1.82) is 0 Å². The van der Waals surface area contributed by atoms with Crippen LogP contribution in [-0.2, 0) is 28.7 Å². The summed E-state index contributed by atoms with van der Waals surface area (Å²) in [7, 11) is -4.20. The van der Waals surface area contributed by atoms with Gasteiger partial charge in [-0.25, -0.2) is 5.14 Å². The summed E-state index contributed by atoms with van der Waals surface area (Å²) >= 11 is 0. The minimum Gasteiger partial charge on any atom is -0.388 e. The van der Waals surface area contributed by atoms with E-state index in [4.69, 9.17) is 19.3 Å². The molecule has 2 rings (SSSR count). The van der Waals surface area contributed by atoms with Crippen molar-refractivity contribution in [2.75, 3.05) is 13.2 Å².